The van der Waals surface area contributed by atoms with Gasteiger partial charge in [0, 0.05) is 20.7 Å². The van der Waals surface area contributed by atoms with E-state index in [1.807, 2.05) is 0 Å². The van der Waals surface area contributed by atoms with E-state index in [4.69, 9.17) is 10.8 Å². The van der Waals surface area contributed by atoms with Crippen molar-refractivity contribution in [1.29, 1.82) is 0 Å². The van der Waals surface area contributed by atoms with Gasteiger partial charge in [0.15, 0.2) is 0 Å². The number of rotatable bonds is 1. The van der Waals surface area contributed by atoms with Crippen molar-refractivity contribution in [2.75, 3.05) is 5.73 Å². The van der Waals surface area contributed by atoms with Gasteiger partial charge in [0.1, 0.15) is 5.82 Å². The van der Waals surface area contributed by atoms with Gasteiger partial charge in [0.05, 0.1) is 6.61 Å². The van der Waals surface area contributed by atoms with Gasteiger partial charge in [0.25, 0.3) is 0 Å². The summed E-state index contributed by atoms with van der Waals surface area (Å²) in [5.74, 6) is -0.328. The normalized spacial score (nSPS) is 10.9. The van der Waals surface area contributed by atoms with Gasteiger partial charge in [-0.3, -0.25) is 0 Å². The van der Waals surface area contributed by atoms with E-state index in [-0.39, 0.29) is 12.4 Å². The zero-order chi connectivity index (χ0) is 9.42. The summed E-state index contributed by atoms with van der Waals surface area (Å²) < 4.78 is 14.0. The Balaban J connectivity index is 2.75. The van der Waals surface area contributed by atoms with Crippen LogP contribution in [0, 0.1) is 5.82 Å². The van der Waals surface area contributed by atoms with Crippen LogP contribution in [-0.4, -0.2) is 5.11 Å². The lowest BCUT2D eigenvalue weighted by Gasteiger charge is -1.94. The molecule has 1 heterocycles. The van der Waals surface area contributed by atoms with Crippen molar-refractivity contribution < 1.29 is 9.50 Å². The summed E-state index contributed by atoms with van der Waals surface area (Å²) in [6.07, 6.45) is 0. The maximum absolute atomic E-state index is 13.2. The van der Waals surface area contributed by atoms with Crippen molar-refractivity contribution in [3.8, 4) is 0 Å². The van der Waals surface area contributed by atoms with Crippen LogP contribution >= 0.6 is 11.3 Å². The first-order valence-electron chi connectivity index (χ1n) is 3.79. The Morgan fingerprint density at radius 1 is 1.38 bits per heavy atom. The first-order chi connectivity index (χ1) is 6.20. The number of aliphatic hydroxyl groups excluding tert-OH is 1. The summed E-state index contributed by atoms with van der Waals surface area (Å²) in [5.41, 5.74) is 5.89. The number of fused-ring (bicyclic) bond motifs is 1. The highest BCUT2D eigenvalue weighted by atomic mass is 32.1. The standard InChI is InChI=1S/C9H8FNOS/c10-8-1-5(11)2-9-7(8)3-6(4-12)13-9/h1-3,12H,4,11H2. The molecule has 3 N–H and O–H groups in total. The molecule has 0 atom stereocenters. The second kappa shape index (κ2) is 2.97. The lowest BCUT2D eigenvalue weighted by molar-refractivity contribution is 0.285. The van der Waals surface area contributed by atoms with Crippen LogP contribution in [0.1, 0.15) is 4.88 Å². The van der Waals surface area contributed by atoms with Crippen LogP contribution in [0.4, 0.5) is 10.1 Å². The minimum Gasteiger partial charge on any atom is -0.399 e. The number of aliphatic hydroxyl groups is 1. The van der Waals surface area contributed by atoms with Gasteiger partial charge in [-0.2, -0.15) is 0 Å². The Kier molecular flexibility index (Phi) is 1.94. The second-order valence-electron chi connectivity index (χ2n) is 2.79. The summed E-state index contributed by atoms with van der Waals surface area (Å²) in [4.78, 5) is 0.750. The highest BCUT2D eigenvalue weighted by molar-refractivity contribution is 7.19. The molecule has 0 aliphatic carbocycles. The average Bonchev–Trinajstić information content (AvgIpc) is 2.47. The Labute approximate surface area is 78.4 Å². The van der Waals surface area contributed by atoms with E-state index in [0.29, 0.717) is 11.1 Å². The molecule has 0 bridgehead atoms. The van der Waals surface area contributed by atoms with E-state index in [1.165, 1.54) is 17.4 Å². The second-order valence-corrected chi connectivity index (χ2v) is 3.95. The van der Waals surface area contributed by atoms with Crippen LogP contribution in [0.25, 0.3) is 10.1 Å². The Morgan fingerprint density at radius 3 is 2.85 bits per heavy atom. The van der Waals surface area contributed by atoms with E-state index < -0.39 is 0 Å². The van der Waals surface area contributed by atoms with E-state index in [0.717, 1.165) is 9.58 Å². The molecule has 0 aliphatic heterocycles. The lowest BCUT2D eigenvalue weighted by atomic mass is 10.2. The number of nitrogens with two attached hydrogens (primary N) is 1. The molecule has 2 aromatic rings. The molecule has 1 aromatic carbocycles. The number of benzene rings is 1. The van der Waals surface area contributed by atoms with Crippen molar-refractivity contribution in [1.82, 2.24) is 0 Å². The lowest BCUT2D eigenvalue weighted by Crippen LogP contribution is -1.85. The highest BCUT2D eigenvalue weighted by Crippen LogP contribution is 2.29. The van der Waals surface area contributed by atoms with Crippen LogP contribution in [0.15, 0.2) is 18.2 Å². The molecule has 68 valence electrons. The molecule has 0 aliphatic rings. The quantitative estimate of drug-likeness (QED) is 0.688. The topological polar surface area (TPSA) is 46.2 Å². The maximum Gasteiger partial charge on any atom is 0.133 e. The third-order valence-corrected chi connectivity index (χ3v) is 2.88. The predicted molar refractivity (Wildman–Crippen MR) is 52.1 cm³/mol. The molecule has 0 saturated heterocycles. The van der Waals surface area contributed by atoms with Gasteiger partial charge in [-0.1, -0.05) is 0 Å². The monoisotopic (exact) mass is 197 g/mol. The molecular formula is C9H8FNOS. The van der Waals surface area contributed by atoms with Crippen molar-refractivity contribution in [2.45, 2.75) is 6.61 Å². The van der Waals surface area contributed by atoms with E-state index in [1.54, 1.807) is 12.1 Å². The summed E-state index contributed by atoms with van der Waals surface area (Å²) in [6.45, 7) is -0.0569. The number of nitrogen functional groups attached to an aromatic ring is 1. The molecule has 0 fully saturated rings. The van der Waals surface area contributed by atoms with Crippen LogP contribution < -0.4 is 5.73 Å². The van der Waals surface area contributed by atoms with Gasteiger partial charge in [0.2, 0.25) is 0 Å². The van der Waals surface area contributed by atoms with Crippen LogP contribution in [0.2, 0.25) is 0 Å². The molecule has 0 amide bonds. The molecule has 0 radical (unpaired) electrons. The summed E-state index contributed by atoms with van der Waals surface area (Å²) in [5, 5.41) is 9.39. The van der Waals surface area contributed by atoms with Crippen molar-refractivity contribution in [3.05, 3.63) is 28.9 Å². The molecular weight excluding hydrogens is 189 g/mol. The molecule has 0 unspecified atom stereocenters. The molecule has 2 rings (SSSR count). The highest BCUT2D eigenvalue weighted by Gasteiger charge is 2.06. The first kappa shape index (κ1) is 8.47. The van der Waals surface area contributed by atoms with Crippen molar-refractivity contribution in [2.24, 2.45) is 0 Å². The zero-order valence-electron chi connectivity index (χ0n) is 6.75. The van der Waals surface area contributed by atoms with E-state index in [2.05, 4.69) is 0 Å². The van der Waals surface area contributed by atoms with Gasteiger partial charge < -0.3 is 10.8 Å². The average molecular weight is 197 g/mol. The minimum atomic E-state index is -0.328. The third kappa shape index (κ3) is 1.38. The van der Waals surface area contributed by atoms with Crippen LogP contribution in [0.5, 0.6) is 0 Å². The third-order valence-electron chi connectivity index (χ3n) is 1.82. The minimum absolute atomic E-state index is 0.0569. The number of hydrogen-bond acceptors (Lipinski definition) is 3. The Bertz CT molecular complexity index is 452. The molecule has 13 heavy (non-hydrogen) atoms. The van der Waals surface area contributed by atoms with Crippen molar-refractivity contribution >= 4 is 27.1 Å². The number of halogens is 1. The summed E-state index contributed by atoms with van der Waals surface area (Å²) >= 11 is 1.36. The molecule has 2 nitrogen and oxygen atoms in total. The maximum atomic E-state index is 13.2. The first-order valence-corrected chi connectivity index (χ1v) is 4.60. The number of anilines is 1. The predicted octanol–water partition coefficient (Wildman–Crippen LogP) is 2.11. The van der Waals surface area contributed by atoms with Gasteiger partial charge in [-0.25, -0.2) is 4.39 Å². The van der Waals surface area contributed by atoms with Gasteiger partial charge >= 0.3 is 0 Å². The fraction of sp³-hybridized carbons (Fsp3) is 0.111. The molecule has 0 saturated carbocycles. The van der Waals surface area contributed by atoms with E-state index in [9.17, 15) is 4.39 Å². The Morgan fingerprint density at radius 2 is 2.15 bits per heavy atom. The summed E-state index contributed by atoms with van der Waals surface area (Å²) in [7, 11) is 0. The zero-order valence-corrected chi connectivity index (χ0v) is 7.57. The van der Waals surface area contributed by atoms with Crippen LogP contribution in [-0.2, 0) is 6.61 Å². The fourth-order valence-electron chi connectivity index (χ4n) is 1.25. The number of thiophene rings is 1. The van der Waals surface area contributed by atoms with Gasteiger partial charge in [-0.15, -0.1) is 11.3 Å². The Hall–Kier alpha value is -1.13. The SMILES string of the molecule is Nc1cc(F)c2cc(CO)sc2c1. The smallest absolute Gasteiger partial charge is 0.133 e. The van der Waals surface area contributed by atoms with Gasteiger partial charge in [-0.05, 0) is 18.2 Å². The fourth-order valence-corrected chi connectivity index (χ4v) is 2.23. The van der Waals surface area contributed by atoms with E-state index >= 15 is 0 Å². The molecule has 0 spiro atoms. The molecule has 1 aromatic heterocycles. The number of hydrogen-bond donors (Lipinski definition) is 2. The summed E-state index contributed by atoms with van der Waals surface area (Å²) in [6, 6.07) is 4.65. The van der Waals surface area contributed by atoms with Crippen LogP contribution in [0.3, 0.4) is 0 Å². The molecule has 4 heteroatoms. The largest absolute Gasteiger partial charge is 0.399 e. The van der Waals surface area contributed by atoms with Crippen molar-refractivity contribution in [3.63, 3.8) is 0 Å².